The second kappa shape index (κ2) is 4.69. The molecule has 1 heterocycles. The number of aliphatic hydroxyl groups excluding tert-OH is 1. The molecule has 0 unspecified atom stereocenters. The van der Waals surface area contributed by atoms with Crippen LogP contribution in [0, 0.1) is 13.8 Å². The number of benzene rings is 1. The highest BCUT2D eigenvalue weighted by Gasteiger charge is 2.13. The Bertz CT molecular complexity index is 564. The summed E-state index contributed by atoms with van der Waals surface area (Å²) in [5.41, 5.74) is 3.13. The van der Waals surface area contributed by atoms with Gasteiger partial charge in [0, 0.05) is 10.6 Å². The van der Waals surface area contributed by atoms with Crippen molar-refractivity contribution in [3.05, 3.63) is 45.2 Å². The van der Waals surface area contributed by atoms with Crippen LogP contribution in [0.5, 0.6) is 0 Å². The molecule has 90 valence electrons. The predicted molar refractivity (Wildman–Crippen MR) is 69.0 cm³/mol. The van der Waals surface area contributed by atoms with Crippen molar-refractivity contribution in [3.8, 4) is 5.69 Å². The maximum absolute atomic E-state index is 9.34. The molecule has 0 bridgehead atoms. The van der Waals surface area contributed by atoms with Gasteiger partial charge in [-0.1, -0.05) is 23.2 Å². The van der Waals surface area contributed by atoms with E-state index in [1.807, 2.05) is 19.9 Å². The molecule has 0 saturated heterocycles. The molecule has 0 spiro atoms. The third-order valence-corrected chi connectivity index (χ3v) is 3.43. The molecule has 2 aromatic rings. The standard InChI is InChI=1S/C12H12Cl2N2O/c1-7-12(14)8(2)16(15-7)11-4-3-10(13)5-9(11)6-17/h3-5,17H,6H2,1-2H3. The minimum absolute atomic E-state index is 0.0914. The number of nitrogens with zero attached hydrogens (tertiary/aromatic N) is 2. The van der Waals surface area contributed by atoms with Crippen molar-refractivity contribution in [3.63, 3.8) is 0 Å². The van der Waals surface area contributed by atoms with E-state index in [0.717, 1.165) is 22.6 Å². The maximum atomic E-state index is 9.34. The van der Waals surface area contributed by atoms with E-state index in [1.54, 1.807) is 16.8 Å². The Hall–Kier alpha value is -1.03. The highest BCUT2D eigenvalue weighted by atomic mass is 35.5. The van der Waals surface area contributed by atoms with Crippen LogP contribution in [0.2, 0.25) is 10.0 Å². The summed E-state index contributed by atoms with van der Waals surface area (Å²) < 4.78 is 1.72. The second-order valence-electron chi connectivity index (χ2n) is 3.83. The number of hydrogen-bond donors (Lipinski definition) is 1. The fourth-order valence-corrected chi connectivity index (χ4v) is 2.06. The molecule has 0 atom stereocenters. The Balaban J connectivity index is 2.64. The summed E-state index contributed by atoms with van der Waals surface area (Å²) in [5, 5.41) is 14.9. The van der Waals surface area contributed by atoms with E-state index in [1.165, 1.54) is 0 Å². The van der Waals surface area contributed by atoms with Crippen LogP contribution in [0.25, 0.3) is 5.69 Å². The van der Waals surface area contributed by atoms with Gasteiger partial charge in [-0.2, -0.15) is 5.10 Å². The van der Waals surface area contributed by atoms with Crippen LogP contribution in [-0.2, 0) is 6.61 Å². The van der Waals surface area contributed by atoms with E-state index in [2.05, 4.69) is 5.10 Å². The summed E-state index contributed by atoms with van der Waals surface area (Å²) >= 11 is 12.0. The third-order valence-electron chi connectivity index (χ3n) is 2.64. The normalized spacial score (nSPS) is 10.9. The van der Waals surface area contributed by atoms with E-state index in [4.69, 9.17) is 23.2 Å². The number of aryl methyl sites for hydroxylation is 1. The van der Waals surface area contributed by atoms with Crippen molar-refractivity contribution < 1.29 is 5.11 Å². The number of aliphatic hydroxyl groups is 1. The van der Waals surface area contributed by atoms with Gasteiger partial charge in [-0.25, -0.2) is 4.68 Å². The highest BCUT2D eigenvalue weighted by molar-refractivity contribution is 6.32. The molecule has 0 radical (unpaired) electrons. The van der Waals surface area contributed by atoms with Gasteiger partial charge in [0.1, 0.15) is 0 Å². The summed E-state index contributed by atoms with van der Waals surface area (Å²) in [6.07, 6.45) is 0. The zero-order valence-corrected chi connectivity index (χ0v) is 11.0. The first-order valence-corrected chi connectivity index (χ1v) is 5.91. The number of halogens is 2. The lowest BCUT2D eigenvalue weighted by atomic mass is 10.2. The van der Waals surface area contributed by atoms with Gasteiger partial charge in [-0.15, -0.1) is 0 Å². The smallest absolute Gasteiger partial charge is 0.0848 e. The first-order valence-electron chi connectivity index (χ1n) is 5.16. The largest absolute Gasteiger partial charge is 0.392 e. The van der Waals surface area contributed by atoms with E-state index in [0.29, 0.717) is 10.0 Å². The Morgan fingerprint density at radius 2 is 2.00 bits per heavy atom. The van der Waals surface area contributed by atoms with Crippen molar-refractivity contribution in [2.45, 2.75) is 20.5 Å². The van der Waals surface area contributed by atoms with Crippen molar-refractivity contribution in [2.24, 2.45) is 0 Å². The summed E-state index contributed by atoms with van der Waals surface area (Å²) in [7, 11) is 0. The summed E-state index contributed by atoms with van der Waals surface area (Å²) in [6.45, 7) is 3.64. The lowest BCUT2D eigenvalue weighted by molar-refractivity contribution is 0.281. The first-order chi connectivity index (χ1) is 8.04. The summed E-state index contributed by atoms with van der Waals surface area (Å²) in [4.78, 5) is 0. The van der Waals surface area contributed by atoms with Crippen LogP contribution in [0.3, 0.4) is 0 Å². The van der Waals surface area contributed by atoms with Crippen LogP contribution in [0.4, 0.5) is 0 Å². The molecular weight excluding hydrogens is 259 g/mol. The van der Waals surface area contributed by atoms with Gasteiger partial charge in [-0.3, -0.25) is 0 Å². The molecule has 0 saturated carbocycles. The molecule has 17 heavy (non-hydrogen) atoms. The van der Waals surface area contributed by atoms with Crippen LogP contribution < -0.4 is 0 Å². The topological polar surface area (TPSA) is 38.0 Å². The Morgan fingerprint density at radius 1 is 1.29 bits per heavy atom. The Labute approximate surface area is 110 Å². The molecule has 0 aliphatic rings. The number of hydrogen-bond acceptors (Lipinski definition) is 2. The van der Waals surface area contributed by atoms with Gasteiger partial charge in [0.2, 0.25) is 0 Å². The fourth-order valence-electron chi connectivity index (χ4n) is 1.75. The summed E-state index contributed by atoms with van der Waals surface area (Å²) in [6, 6.07) is 5.31. The molecule has 3 nitrogen and oxygen atoms in total. The summed E-state index contributed by atoms with van der Waals surface area (Å²) in [5.74, 6) is 0. The van der Waals surface area contributed by atoms with Crippen LogP contribution in [0.15, 0.2) is 18.2 Å². The van der Waals surface area contributed by atoms with Crippen molar-refractivity contribution in [1.29, 1.82) is 0 Å². The number of aromatic nitrogens is 2. The average Bonchev–Trinajstić information content (AvgIpc) is 2.57. The molecule has 0 aliphatic heterocycles. The third kappa shape index (κ3) is 2.18. The minimum atomic E-state index is -0.0914. The molecule has 1 aromatic heterocycles. The molecular formula is C12H12Cl2N2O. The van der Waals surface area contributed by atoms with Gasteiger partial charge in [0.25, 0.3) is 0 Å². The second-order valence-corrected chi connectivity index (χ2v) is 4.64. The van der Waals surface area contributed by atoms with Crippen molar-refractivity contribution in [1.82, 2.24) is 9.78 Å². The van der Waals surface area contributed by atoms with Gasteiger partial charge in [-0.05, 0) is 32.0 Å². The minimum Gasteiger partial charge on any atom is -0.392 e. The van der Waals surface area contributed by atoms with Crippen LogP contribution in [-0.4, -0.2) is 14.9 Å². The zero-order chi connectivity index (χ0) is 12.6. The maximum Gasteiger partial charge on any atom is 0.0848 e. The molecule has 1 N–H and O–H groups in total. The van der Waals surface area contributed by atoms with E-state index >= 15 is 0 Å². The van der Waals surface area contributed by atoms with Gasteiger partial charge in [0.15, 0.2) is 0 Å². The van der Waals surface area contributed by atoms with Gasteiger partial charge < -0.3 is 5.11 Å². The van der Waals surface area contributed by atoms with E-state index in [-0.39, 0.29) is 6.61 Å². The Morgan fingerprint density at radius 3 is 2.53 bits per heavy atom. The molecule has 0 aliphatic carbocycles. The van der Waals surface area contributed by atoms with Crippen molar-refractivity contribution in [2.75, 3.05) is 0 Å². The van der Waals surface area contributed by atoms with Crippen molar-refractivity contribution >= 4 is 23.2 Å². The lowest BCUT2D eigenvalue weighted by Gasteiger charge is -2.09. The molecule has 0 amide bonds. The zero-order valence-electron chi connectivity index (χ0n) is 9.54. The molecule has 1 aromatic carbocycles. The van der Waals surface area contributed by atoms with E-state index in [9.17, 15) is 5.11 Å². The van der Waals surface area contributed by atoms with Crippen LogP contribution >= 0.6 is 23.2 Å². The Kier molecular flexibility index (Phi) is 3.43. The monoisotopic (exact) mass is 270 g/mol. The molecule has 2 rings (SSSR count). The molecule has 5 heteroatoms. The lowest BCUT2D eigenvalue weighted by Crippen LogP contribution is -2.03. The predicted octanol–water partition coefficient (Wildman–Crippen LogP) is 3.29. The quantitative estimate of drug-likeness (QED) is 0.910. The molecule has 0 fully saturated rings. The van der Waals surface area contributed by atoms with E-state index < -0.39 is 0 Å². The average molecular weight is 271 g/mol. The fraction of sp³-hybridized carbons (Fsp3) is 0.250. The SMILES string of the molecule is Cc1nn(-c2ccc(Cl)cc2CO)c(C)c1Cl. The van der Waals surface area contributed by atoms with Gasteiger partial charge >= 0.3 is 0 Å². The highest BCUT2D eigenvalue weighted by Crippen LogP contribution is 2.25. The number of rotatable bonds is 2. The van der Waals surface area contributed by atoms with Crippen LogP contribution in [0.1, 0.15) is 17.0 Å². The first kappa shape index (κ1) is 12.4. The van der Waals surface area contributed by atoms with Gasteiger partial charge in [0.05, 0.1) is 28.7 Å².